The van der Waals surface area contributed by atoms with Crippen molar-refractivity contribution < 1.29 is 27.6 Å². The van der Waals surface area contributed by atoms with Crippen LogP contribution in [0.5, 0.6) is 0 Å². The van der Waals surface area contributed by atoms with Gasteiger partial charge >= 0.3 is 12.1 Å². The quantitative estimate of drug-likeness (QED) is 0.815. The maximum absolute atomic E-state index is 12.5. The van der Waals surface area contributed by atoms with Crippen molar-refractivity contribution in [2.45, 2.75) is 25.5 Å². The van der Waals surface area contributed by atoms with Gasteiger partial charge in [-0.3, -0.25) is 9.74 Å². The highest BCUT2D eigenvalue weighted by atomic mass is 32.1. The van der Waals surface area contributed by atoms with Crippen LogP contribution < -0.4 is 0 Å². The summed E-state index contributed by atoms with van der Waals surface area (Å²) in [5.41, 5.74) is 0. The summed E-state index contributed by atoms with van der Waals surface area (Å²) in [5, 5.41) is 15.0. The van der Waals surface area contributed by atoms with Gasteiger partial charge in [-0.15, -0.1) is 16.4 Å². The minimum absolute atomic E-state index is 0.107. The second kappa shape index (κ2) is 6.76. The Morgan fingerprint density at radius 1 is 1.46 bits per heavy atom. The SMILES string of the molecule is CN(Cc1ccc(-c2noc(C(F)(F)F)n2)s1)C(O)N1CCCO1. The summed E-state index contributed by atoms with van der Waals surface area (Å²) in [4.78, 5) is 11.6. The van der Waals surface area contributed by atoms with Gasteiger partial charge in [-0.1, -0.05) is 5.16 Å². The van der Waals surface area contributed by atoms with E-state index in [1.165, 1.54) is 16.4 Å². The molecule has 1 N–H and O–H groups in total. The molecule has 1 aliphatic heterocycles. The summed E-state index contributed by atoms with van der Waals surface area (Å²) in [6, 6.07) is 3.37. The Morgan fingerprint density at radius 3 is 2.88 bits per heavy atom. The van der Waals surface area contributed by atoms with Gasteiger partial charge < -0.3 is 9.63 Å². The number of aliphatic hydroxyl groups is 1. The molecule has 2 aromatic heterocycles. The van der Waals surface area contributed by atoms with Crippen molar-refractivity contribution >= 4 is 11.3 Å². The average Bonchev–Trinajstić information content (AvgIpc) is 3.25. The normalized spacial score (nSPS) is 17.8. The molecule has 1 fully saturated rings. The fourth-order valence-electron chi connectivity index (χ4n) is 2.22. The zero-order valence-electron chi connectivity index (χ0n) is 12.7. The third-order valence-corrected chi connectivity index (χ3v) is 4.45. The van der Waals surface area contributed by atoms with Crippen LogP contribution in [0.15, 0.2) is 16.7 Å². The molecule has 0 radical (unpaired) electrons. The zero-order chi connectivity index (χ0) is 17.3. The predicted molar refractivity (Wildman–Crippen MR) is 77.4 cm³/mol. The highest BCUT2D eigenvalue weighted by Gasteiger charge is 2.38. The van der Waals surface area contributed by atoms with Crippen LogP contribution >= 0.6 is 11.3 Å². The molecule has 0 aromatic carbocycles. The van der Waals surface area contributed by atoms with E-state index < -0.39 is 18.4 Å². The Balaban J connectivity index is 1.66. The van der Waals surface area contributed by atoms with E-state index in [0.29, 0.717) is 24.6 Å². The first-order valence-corrected chi connectivity index (χ1v) is 7.94. The van der Waals surface area contributed by atoms with Crippen LogP contribution in [0.1, 0.15) is 17.2 Å². The molecule has 0 amide bonds. The summed E-state index contributed by atoms with van der Waals surface area (Å²) >= 11 is 1.23. The van der Waals surface area contributed by atoms with Gasteiger partial charge in [0.2, 0.25) is 5.82 Å². The Morgan fingerprint density at radius 2 is 2.25 bits per heavy atom. The molecule has 0 bridgehead atoms. The first-order valence-electron chi connectivity index (χ1n) is 7.12. The van der Waals surface area contributed by atoms with Crippen molar-refractivity contribution in [3.05, 3.63) is 22.9 Å². The van der Waals surface area contributed by atoms with E-state index in [1.54, 1.807) is 24.1 Å². The van der Waals surface area contributed by atoms with Gasteiger partial charge in [0.15, 0.2) is 6.35 Å². The number of hydrogen-bond acceptors (Lipinski definition) is 8. The molecule has 0 saturated carbocycles. The zero-order valence-corrected chi connectivity index (χ0v) is 13.5. The lowest BCUT2D eigenvalue weighted by molar-refractivity contribution is -0.251. The van der Waals surface area contributed by atoms with Crippen molar-refractivity contribution in [2.24, 2.45) is 0 Å². The fourth-order valence-corrected chi connectivity index (χ4v) is 3.21. The molecule has 1 aliphatic rings. The summed E-state index contributed by atoms with van der Waals surface area (Å²) in [6.45, 7) is 1.62. The van der Waals surface area contributed by atoms with E-state index in [0.717, 1.165) is 11.3 Å². The predicted octanol–water partition coefficient (Wildman–Crippen LogP) is 2.16. The van der Waals surface area contributed by atoms with E-state index in [1.807, 2.05) is 0 Å². The molecule has 1 unspecified atom stereocenters. The van der Waals surface area contributed by atoms with E-state index in [-0.39, 0.29) is 5.82 Å². The summed E-state index contributed by atoms with van der Waals surface area (Å²) < 4.78 is 41.7. The van der Waals surface area contributed by atoms with Crippen LogP contribution in [0, 0.1) is 0 Å². The topological polar surface area (TPSA) is 74.9 Å². The van der Waals surface area contributed by atoms with Crippen LogP contribution in [0.3, 0.4) is 0 Å². The largest absolute Gasteiger partial charge is 0.471 e. The molecule has 1 atom stereocenters. The number of aromatic nitrogens is 2. The number of thiophene rings is 1. The molecule has 2 aromatic rings. The van der Waals surface area contributed by atoms with Crippen molar-refractivity contribution in [3.63, 3.8) is 0 Å². The maximum atomic E-state index is 12.5. The summed E-state index contributed by atoms with van der Waals surface area (Å²) in [5.74, 6) is -1.48. The van der Waals surface area contributed by atoms with E-state index in [2.05, 4.69) is 14.7 Å². The standard InChI is InChI=1S/C13H15F3N4O3S/c1-19(12(21)20-5-2-6-22-20)7-8-3-4-9(24-8)10-17-11(23-18-10)13(14,15)16/h3-4,12,21H,2,5-7H2,1H3. The second-order valence-corrected chi connectivity index (χ2v) is 6.44. The maximum Gasteiger partial charge on any atom is 0.471 e. The molecule has 1 saturated heterocycles. The van der Waals surface area contributed by atoms with Gasteiger partial charge in [0.25, 0.3) is 0 Å². The van der Waals surface area contributed by atoms with Gasteiger partial charge in [0.1, 0.15) is 0 Å². The molecule has 0 aliphatic carbocycles. The number of hydroxylamine groups is 2. The van der Waals surface area contributed by atoms with Crippen molar-refractivity contribution in [3.8, 4) is 10.7 Å². The number of alkyl halides is 3. The van der Waals surface area contributed by atoms with Gasteiger partial charge in [-0.05, 0) is 25.6 Å². The number of halogens is 3. The number of aliphatic hydroxyl groups excluding tert-OH is 1. The number of nitrogens with zero attached hydrogens (tertiary/aromatic N) is 4. The third kappa shape index (κ3) is 3.75. The van der Waals surface area contributed by atoms with E-state index in [9.17, 15) is 18.3 Å². The van der Waals surface area contributed by atoms with Crippen LogP contribution in [0.2, 0.25) is 0 Å². The highest BCUT2D eigenvalue weighted by Crippen LogP contribution is 2.32. The molecular formula is C13H15F3N4O3S. The van der Waals surface area contributed by atoms with Crippen molar-refractivity contribution in [1.82, 2.24) is 20.1 Å². The molecular weight excluding hydrogens is 349 g/mol. The van der Waals surface area contributed by atoms with E-state index >= 15 is 0 Å². The summed E-state index contributed by atoms with van der Waals surface area (Å²) in [7, 11) is 1.72. The first kappa shape index (κ1) is 17.3. The van der Waals surface area contributed by atoms with Crippen LogP contribution in [0.4, 0.5) is 13.2 Å². The lowest BCUT2D eigenvalue weighted by Gasteiger charge is -2.29. The Labute approximate surface area is 139 Å². The lowest BCUT2D eigenvalue weighted by Crippen LogP contribution is -2.44. The molecule has 24 heavy (non-hydrogen) atoms. The van der Waals surface area contributed by atoms with Gasteiger partial charge in [0, 0.05) is 18.0 Å². The molecule has 3 rings (SSSR count). The first-order chi connectivity index (χ1) is 11.3. The molecule has 3 heterocycles. The van der Waals surface area contributed by atoms with Crippen LogP contribution in [-0.2, 0) is 17.6 Å². The molecule has 11 heteroatoms. The second-order valence-electron chi connectivity index (χ2n) is 5.28. The highest BCUT2D eigenvalue weighted by molar-refractivity contribution is 7.15. The number of rotatable bonds is 5. The van der Waals surface area contributed by atoms with Crippen molar-refractivity contribution in [1.29, 1.82) is 0 Å². The van der Waals surface area contributed by atoms with Gasteiger partial charge in [0.05, 0.1) is 11.5 Å². The van der Waals surface area contributed by atoms with Gasteiger partial charge in [-0.25, -0.2) is 0 Å². The lowest BCUT2D eigenvalue weighted by atomic mass is 10.4. The molecule has 7 nitrogen and oxygen atoms in total. The Kier molecular flexibility index (Phi) is 4.88. The fraction of sp³-hybridized carbons (Fsp3) is 0.538. The minimum Gasteiger partial charge on any atom is -0.363 e. The van der Waals surface area contributed by atoms with Gasteiger partial charge in [-0.2, -0.15) is 18.2 Å². The minimum atomic E-state index is -4.66. The molecule has 0 spiro atoms. The summed E-state index contributed by atoms with van der Waals surface area (Å²) in [6.07, 6.45) is -4.70. The Hall–Kier alpha value is -1.53. The molecule has 132 valence electrons. The smallest absolute Gasteiger partial charge is 0.363 e. The Bertz CT molecular complexity index is 684. The van der Waals surface area contributed by atoms with Crippen molar-refractivity contribution in [2.75, 3.05) is 20.2 Å². The van der Waals surface area contributed by atoms with Crippen LogP contribution in [0.25, 0.3) is 10.7 Å². The van der Waals surface area contributed by atoms with E-state index in [4.69, 9.17) is 4.84 Å². The van der Waals surface area contributed by atoms with Crippen LogP contribution in [-0.4, -0.2) is 51.8 Å². The average molecular weight is 364 g/mol. The third-order valence-electron chi connectivity index (χ3n) is 3.39. The number of hydrogen-bond donors (Lipinski definition) is 1. The monoisotopic (exact) mass is 364 g/mol.